The zero-order valence-electron chi connectivity index (χ0n) is 11.2. The second kappa shape index (κ2) is 7.63. The quantitative estimate of drug-likeness (QED) is 0.682. The monoisotopic (exact) mass is 230 g/mol. The Morgan fingerprint density at radius 1 is 1.31 bits per heavy atom. The van der Waals surface area contributed by atoms with Crippen LogP contribution in [0.4, 0.5) is 0 Å². The topological polar surface area (TPSA) is 52.6 Å². The average molecular weight is 230 g/mol. The lowest BCUT2D eigenvalue weighted by Crippen LogP contribution is -2.40. The molecule has 2 atom stereocenters. The van der Waals surface area contributed by atoms with Gasteiger partial charge in [0.15, 0.2) is 0 Å². The van der Waals surface area contributed by atoms with Crippen LogP contribution in [0.3, 0.4) is 0 Å². The van der Waals surface area contributed by atoms with Gasteiger partial charge in [0.1, 0.15) is 0 Å². The summed E-state index contributed by atoms with van der Waals surface area (Å²) in [5.74, 6) is 0.363. The van der Waals surface area contributed by atoms with Crippen molar-refractivity contribution in [3.05, 3.63) is 0 Å². The molecule has 0 bridgehead atoms. The molecule has 0 heterocycles. The van der Waals surface area contributed by atoms with E-state index in [2.05, 4.69) is 19.2 Å². The number of aliphatic hydroxyl groups excluding tert-OH is 1. The maximum Gasteiger partial charge on any atom is 0.234 e. The first-order valence-electron chi connectivity index (χ1n) is 5.98. The average Bonchev–Trinajstić information content (AvgIpc) is 2.13. The summed E-state index contributed by atoms with van der Waals surface area (Å²) in [6.45, 7) is 8.98. The van der Waals surface area contributed by atoms with E-state index in [4.69, 9.17) is 0 Å². The lowest BCUT2D eigenvalue weighted by molar-refractivity contribution is -0.122. The third-order valence-electron chi connectivity index (χ3n) is 2.67. The number of carbonyl (C=O) groups excluding carboxylic acids is 1. The Bertz CT molecular complexity index is 205. The van der Waals surface area contributed by atoms with Crippen molar-refractivity contribution in [2.24, 2.45) is 5.92 Å². The molecule has 0 radical (unpaired) electrons. The van der Waals surface area contributed by atoms with Crippen LogP contribution in [0.2, 0.25) is 0 Å². The molecule has 1 amide bonds. The molecule has 0 aromatic rings. The summed E-state index contributed by atoms with van der Waals surface area (Å²) in [7, 11) is 1.93. The van der Waals surface area contributed by atoms with Crippen molar-refractivity contribution in [1.29, 1.82) is 0 Å². The summed E-state index contributed by atoms with van der Waals surface area (Å²) < 4.78 is 0. The van der Waals surface area contributed by atoms with E-state index in [0.717, 1.165) is 6.42 Å². The number of amides is 1. The molecular formula is C12H26N2O2. The van der Waals surface area contributed by atoms with Crippen LogP contribution in [0, 0.1) is 5.92 Å². The Labute approximate surface area is 99.0 Å². The molecule has 0 aliphatic rings. The zero-order valence-corrected chi connectivity index (χ0v) is 11.2. The van der Waals surface area contributed by atoms with Crippen molar-refractivity contribution in [3.63, 3.8) is 0 Å². The van der Waals surface area contributed by atoms with Crippen molar-refractivity contribution in [2.45, 2.75) is 46.3 Å². The maximum absolute atomic E-state index is 11.5. The number of carbonyl (C=O) groups is 1. The third-order valence-corrected chi connectivity index (χ3v) is 2.67. The van der Waals surface area contributed by atoms with Gasteiger partial charge in [0.2, 0.25) is 5.91 Å². The number of aliphatic hydroxyl groups is 1. The number of hydrogen-bond acceptors (Lipinski definition) is 3. The Hall–Kier alpha value is -0.610. The van der Waals surface area contributed by atoms with Gasteiger partial charge in [0.25, 0.3) is 0 Å². The molecule has 16 heavy (non-hydrogen) atoms. The highest BCUT2D eigenvalue weighted by molar-refractivity contribution is 5.77. The summed E-state index contributed by atoms with van der Waals surface area (Å²) in [4.78, 5) is 13.5. The standard InChI is InChI=1S/C12H26N2O2/c1-9(2)14(5)8-12(16)13-7-10(3)6-11(4)15/h9-11,15H,6-8H2,1-5H3,(H,13,16). The van der Waals surface area contributed by atoms with E-state index in [9.17, 15) is 9.90 Å². The maximum atomic E-state index is 11.5. The minimum absolute atomic E-state index is 0.0497. The molecule has 2 unspecified atom stereocenters. The van der Waals surface area contributed by atoms with E-state index in [1.807, 2.05) is 18.9 Å². The van der Waals surface area contributed by atoms with Gasteiger partial charge in [-0.2, -0.15) is 0 Å². The highest BCUT2D eigenvalue weighted by atomic mass is 16.3. The van der Waals surface area contributed by atoms with Crippen LogP contribution in [0.15, 0.2) is 0 Å². The predicted octanol–water partition coefficient (Wildman–Crippen LogP) is 0.850. The fourth-order valence-corrected chi connectivity index (χ4v) is 1.42. The van der Waals surface area contributed by atoms with Crippen LogP contribution in [0.1, 0.15) is 34.1 Å². The van der Waals surface area contributed by atoms with Crippen LogP contribution >= 0.6 is 0 Å². The van der Waals surface area contributed by atoms with Crippen molar-refractivity contribution in [2.75, 3.05) is 20.1 Å². The van der Waals surface area contributed by atoms with Gasteiger partial charge in [-0.15, -0.1) is 0 Å². The first-order chi connectivity index (χ1) is 7.32. The third kappa shape index (κ3) is 7.65. The van der Waals surface area contributed by atoms with Crippen LogP contribution < -0.4 is 5.32 Å². The Kier molecular flexibility index (Phi) is 7.34. The lowest BCUT2D eigenvalue weighted by Gasteiger charge is -2.21. The predicted molar refractivity (Wildman–Crippen MR) is 66.2 cm³/mol. The Balaban J connectivity index is 3.73. The van der Waals surface area contributed by atoms with Gasteiger partial charge in [0, 0.05) is 12.6 Å². The minimum Gasteiger partial charge on any atom is -0.393 e. The van der Waals surface area contributed by atoms with Gasteiger partial charge in [-0.25, -0.2) is 0 Å². The zero-order chi connectivity index (χ0) is 12.7. The van der Waals surface area contributed by atoms with Crippen LogP contribution in [-0.2, 0) is 4.79 Å². The Morgan fingerprint density at radius 3 is 2.31 bits per heavy atom. The summed E-state index contributed by atoms with van der Waals surface area (Å²) in [5, 5.41) is 12.1. The summed E-state index contributed by atoms with van der Waals surface area (Å²) in [6.07, 6.45) is 0.422. The van der Waals surface area contributed by atoms with E-state index >= 15 is 0 Å². The molecule has 0 rings (SSSR count). The molecule has 0 aliphatic carbocycles. The molecule has 0 fully saturated rings. The fraction of sp³-hybridized carbons (Fsp3) is 0.917. The van der Waals surface area contributed by atoms with Gasteiger partial charge in [-0.05, 0) is 40.2 Å². The molecule has 0 aromatic heterocycles. The number of hydrogen-bond donors (Lipinski definition) is 2. The first kappa shape index (κ1) is 15.4. The van der Waals surface area contributed by atoms with Gasteiger partial charge in [-0.1, -0.05) is 6.92 Å². The smallest absolute Gasteiger partial charge is 0.234 e. The second-order valence-electron chi connectivity index (χ2n) is 5.00. The van der Waals surface area contributed by atoms with Crippen molar-refractivity contribution >= 4 is 5.91 Å². The van der Waals surface area contributed by atoms with E-state index in [-0.39, 0.29) is 12.0 Å². The first-order valence-corrected chi connectivity index (χ1v) is 5.98. The normalized spacial score (nSPS) is 15.2. The van der Waals surface area contributed by atoms with E-state index in [1.54, 1.807) is 6.92 Å². The molecule has 96 valence electrons. The SMILES string of the molecule is CC(O)CC(C)CNC(=O)CN(C)C(C)C. The molecular weight excluding hydrogens is 204 g/mol. The molecule has 0 saturated carbocycles. The summed E-state index contributed by atoms with van der Waals surface area (Å²) in [5.41, 5.74) is 0. The van der Waals surface area contributed by atoms with Crippen molar-refractivity contribution in [3.8, 4) is 0 Å². The number of rotatable bonds is 7. The van der Waals surface area contributed by atoms with Gasteiger partial charge in [-0.3, -0.25) is 9.69 Å². The van der Waals surface area contributed by atoms with Gasteiger partial charge < -0.3 is 10.4 Å². The highest BCUT2D eigenvalue weighted by Gasteiger charge is 2.11. The molecule has 0 spiro atoms. The minimum atomic E-state index is -0.301. The van der Waals surface area contributed by atoms with Gasteiger partial charge in [0.05, 0.1) is 12.6 Å². The number of nitrogens with one attached hydrogen (secondary N) is 1. The van der Waals surface area contributed by atoms with E-state index in [0.29, 0.717) is 25.0 Å². The van der Waals surface area contributed by atoms with Crippen LogP contribution in [0.25, 0.3) is 0 Å². The van der Waals surface area contributed by atoms with Crippen LogP contribution in [0.5, 0.6) is 0 Å². The largest absolute Gasteiger partial charge is 0.393 e. The molecule has 4 nitrogen and oxygen atoms in total. The lowest BCUT2D eigenvalue weighted by atomic mass is 10.0. The van der Waals surface area contributed by atoms with Gasteiger partial charge >= 0.3 is 0 Å². The van der Waals surface area contributed by atoms with Crippen LogP contribution in [-0.4, -0.2) is 48.2 Å². The highest BCUT2D eigenvalue weighted by Crippen LogP contribution is 2.03. The van der Waals surface area contributed by atoms with Crippen molar-refractivity contribution in [1.82, 2.24) is 10.2 Å². The van der Waals surface area contributed by atoms with E-state index in [1.165, 1.54) is 0 Å². The second-order valence-corrected chi connectivity index (χ2v) is 5.00. The molecule has 4 heteroatoms. The summed E-state index contributed by atoms with van der Waals surface area (Å²) in [6, 6.07) is 0.376. The summed E-state index contributed by atoms with van der Waals surface area (Å²) >= 11 is 0. The van der Waals surface area contributed by atoms with E-state index < -0.39 is 0 Å². The van der Waals surface area contributed by atoms with Crippen molar-refractivity contribution < 1.29 is 9.90 Å². The number of likely N-dealkylation sites (N-methyl/N-ethyl adjacent to an activating group) is 1. The number of nitrogens with zero attached hydrogens (tertiary/aromatic N) is 1. The molecule has 0 saturated heterocycles. The molecule has 2 N–H and O–H groups in total. The molecule has 0 aliphatic heterocycles. The Morgan fingerprint density at radius 2 is 1.88 bits per heavy atom. The fourth-order valence-electron chi connectivity index (χ4n) is 1.42. The molecule has 0 aromatic carbocycles.